The van der Waals surface area contributed by atoms with Gasteiger partial charge in [0.15, 0.2) is 0 Å². The standard InChI is InChI=1S/C14H14O3S2/c1-10-4-2-3-5-11(10)8-19(17)9-12-6-7-18-13(12)14(15)16/h2-7H,8-9H2,1H3,(H,15,16). The lowest BCUT2D eigenvalue weighted by Crippen LogP contribution is -2.04. The summed E-state index contributed by atoms with van der Waals surface area (Å²) in [7, 11) is -1.09. The van der Waals surface area contributed by atoms with Crippen LogP contribution in [0.5, 0.6) is 0 Å². The second-order valence-electron chi connectivity index (χ2n) is 4.24. The molecule has 0 bridgehead atoms. The number of hydrogen-bond donors (Lipinski definition) is 1. The number of benzene rings is 1. The van der Waals surface area contributed by atoms with Gasteiger partial charge in [0.05, 0.1) is 5.75 Å². The van der Waals surface area contributed by atoms with E-state index in [-0.39, 0.29) is 4.88 Å². The van der Waals surface area contributed by atoms with E-state index in [2.05, 4.69) is 0 Å². The Morgan fingerprint density at radius 3 is 2.58 bits per heavy atom. The molecule has 1 heterocycles. The number of hydrogen-bond acceptors (Lipinski definition) is 3. The lowest BCUT2D eigenvalue weighted by Gasteiger charge is -2.05. The van der Waals surface area contributed by atoms with Crippen molar-refractivity contribution >= 4 is 28.1 Å². The second kappa shape index (κ2) is 6.12. The molecule has 0 saturated heterocycles. The van der Waals surface area contributed by atoms with Gasteiger partial charge in [-0.05, 0) is 35.1 Å². The minimum absolute atomic E-state index is 0.290. The highest BCUT2D eigenvalue weighted by molar-refractivity contribution is 7.83. The highest BCUT2D eigenvalue weighted by Crippen LogP contribution is 2.20. The van der Waals surface area contributed by atoms with Gasteiger partial charge in [-0.1, -0.05) is 24.3 Å². The van der Waals surface area contributed by atoms with E-state index in [1.54, 1.807) is 11.4 Å². The number of rotatable bonds is 5. The largest absolute Gasteiger partial charge is 0.477 e. The van der Waals surface area contributed by atoms with E-state index in [9.17, 15) is 9.00 Å². The van der Waals surface area contributed by atoms with Crippen LogP contribution in [0, 0.1) is 6.92 Å². The van der Waals surface area contributed by atoms with Gasteiger partial charge in [-0.2, -0.15) is 0 Å². The SMILES string of the molecule is Cc1ccccc1CS(=O)Cc1ccsc1C(=O)O. The Labute approximate surface area is 118 Å². The van der Waals surface area contributed by atoms with Gasteiger partial charge in [-0.15, -0.1) is 11.3 Å². The van der Waals surface area contributed by atoms with Gasteiger partial charge in [-0.3, -0.25) is 4.21 Å². The molecule has 0 fully saturated rings. The summed E-state index contributed by atoms with van der Waals surface area (Å²) in [4.78, 5) is 11.3. The zero-order valence-electron chi connectivity index (χ0n) is 10.5. The third-order valence-electron chi connectivity index (χ3n) is 2.84. The van der Waals surface area contributed by atoms with Gasteiger partial charge >= 0.3 is 5.97 Å². The van der Waals surface area contributed by atoms with Crippen molar-refractivity contribution in [3.63, 3.8) is 0 Å². The molecule has 0 saturated carbocycles. The topological polar surface area (TPSA) is 54.4 Å². The fourth-order valence-corrected chi connectivity index (χ4v) is 4.02. The lowest BCUT2D eigenvalue weighted by molar-refractivity contribution is 0.0701. The maximum atomic E-state index is 12.1. The Hall–Kier alpha value is -1.46. The minimum Gasteiger partial charge on any atom is -0.477 e. The Morgan fingerprint density at radius 1 is 1.21 bits per heavy atom. The molecule has 1 N–H and O–H groups in total. The molecule has 3 nitrogen and oxygen atoms in total. The van der Waals surface area contributed by atoms with Crippen LogP contribution in [0.15, 0.2) is 35.7 Å². The van der Waals surface area contributed by atoms with Crippen LogP contribution in [0.2, 0.25) is 0 Å². The molecule has 1 aromatic heterocycles. The van der Waals surface area contributed by atoms with E-state index >= 15 is 0 Å². The van der Waals surface area contributed by atoms with Crippen molar-refractivity contribution in [1.29, 1.82) is 0 Å². The summed E-state index contributed by atoms with van der Waals surface area (Å²) >= 11 is 1.18. The maximum Gasteiger partial charge on any atom is 0.346 e. The van der Waals surface area contributed by atoms with E-state index < -0.39 is 16.8 Å². The van der Waals surface area contributed by atoms with E-state index in [1.165, 1.54) is 11.3 Å². The Kier molecular flexibility index (Phi) is 4.50. The number of carboxylic acids is 1. The molecule has 1 aromatic carbocycles. The summed E-state index contributed by atoms with van der Waals surface area (Å²) in [5.74, 6) is -0.195. The van der Waals surface area contributed by atoms with E-state index in [4.69, 9.17) is 5.11 Å². The molecule has 5 heteroatoms. The van der Waals surface area contributed by atoms with Crippen molar-refractivity contribution in [2.75, 3.05) is 0 Å². The van der Waals surface area contributed by atoms with Crippen LogP contribution >= 0.6 is 11.3 Å². The predicted molar refractivity (Wildman–Crippen MR) is 78.0 cm³/mol. The average Bonchev–Trinajstić information content (AvgIpc) is 2.80. The van der Waals surface area contributed by atoms with E-state index in [1.807, 2.05) is 31.2 Å². The van der Waals surface area contributed by atoms with Crippen molar-refractivity contribution in [2.45, 2.75) is 18.4 Å². The quantitative estimate of drug-likeness (QED) is 0.921. The second-order valence-corrected chi connectivity index (χ2v) is 6.61. The average molecular weight is 294 g/mol. The first-order chi connectivity index (χ1) is 9.08. The van der Waals surface area contributed by atoms with Crippen LogP contribution in [0.4, 0.5) is 0 Å². The van der Waals surface area contributed by atoms with Gasteiger partial charge in [0.1, 0.15) is 4.88 Å². The van der Waals surface area contributed by atoms with Crippen molar-refractivity contribution in [2.24, 2.45) is 0 Å². The number of carboxylic acid groups (broad SMARTS) is 1. The summed E-state index contributed by atoms with van der Waals surface area (Å²) in [6.07, 6.45) is 0. The van der Waals surface area contributed by atoms with Gasteiger partial charge in [0, 0.05) is 16.6 Å². The molecule has 1 unspecified atom stereocenters. The highest BCUT2D eigenvalue weighted by Gasteiger charge is 2.14. The molecule has 19 heavy (non-hydrogen) atoms. The van der Waals surface area contributed by atoms with Gasteiger partial charge in [0.25, 0.3) is 0 Å². The molecule has 1 atom stereocenters. The fourth-order valence-electron chi connectivity index (χ4n) is 1.81. The molecular formula is C14H14O3S2. The monoisotopic (exact) mass is 294 g/mol. The number of thiophene rings is 1. The molecule has 0 spiro atoms. The summed E-state index contributed by atoms with van der Waals surface area (Å²) in [5, 5.41) is 10.7. The van der Waals surface area contributed by atoms with Gasteiger partial charge < -0.3 is 5.11 Å². The summed E-state index contributed by atoms with van der Waals surface area (Å²) in [5.41, 5.74) is 2.82. The van der Waals surface area contributed by atoms with Crippen LogP contribution in [-0.2, 0) is 22.3 Å². The molecule has 100 valence electrons. The third kappa shape index (κ3) is 3.52. The first kappa shape index (κ1) is 14.0. The Bertz CT molecular complexity index is 617. The van der Waals surface area contributed by atoms with Crippen molar-refractivity contribution in [3.05, 3.63) is 57.3 Å². The molecule has 2 aromatic rings. The van der Waals surface area contributed by atoms with Crippen LogP contribution in [-0.4, -0.2) is 15.3 Å². The van der Waals surface area contributed by atoms with E-state index in [0.29, 0.717) is 17.1 Å². The lowest BCUT2D eigenvalue weighted by atomic mass is 10.1. The van der Waals surface area contributed by atoms with E-state index in [0.717, 1.165) is 11.1 Å². The predicted octanol–water partition coefficient (Wildman–Crippen LogP) is 3.20. The van der Waals surface area contributed by atoms with Crippen molar-refractivity contribution < 1.29 is 14.1 Å². The van der Waals surface area contributed by atoms with Crippen LogP contribution in [0.1, 0.15) is 26.4 Å². The molecule has 0 amide bonds. The van der Waals surface area contributed by atoms with Crippen molar-refractivity contribution in [1.82, 2.24) is 0 Å². The maximum absolute atomic E-state index is 12.1. The molecule has 0 aliphatic heterocycles. The van der Waals surface area contributed by atoms with Crippen LogP contribution in [0.25, 0.3) is 0 Å². The smallest absolute Gasteiger partial charge is 0.346 e. The summed E-state index contributed by atoms with van der Waals surface area (Å²) < 4.78 is 12.1. The first-order valence-corrected chi connectivity index (χ1v) is 8.14. The fraction of sp³-hybridized carbons (Fsp3) is 0.214. The first-order valence-electron chi connectivity index (χ1n) is 5.77. The van der Waals surface area contributed by atoms with Crippen LogP contribution in [0.3, 0.4) is 0 Å². The zero-order valence-corrected chi connectivity index (χ0v) is 12.1. The number of aryl methyl sites for hydroxylation is 1. The normalized spacial score (nSPS) is 12.3. The molecule has 0 radical (unpaired) electrons. The molecule has 2 rings (SSSR count). The molecular weight excluding hydrogens is 280 g/mol. The van der Waals surface area contributed by atoms with Crippen LogP contribution < -0.4 is 0 Å². The molecule has 0 aliphatic carbocycles. The number of aromatic carboxylic acids is 1. The molecule has 0 aliphatic rings. The van der Waals surface area contributed by atoms with Crippen molar-refractivity contribution in [3.8, 4) is 0 Å². The minimum atomic E-state index is -1.09. The van der Waals surface area contributed by atoms with Gasteiger partial charge in [0.2, 0.25) is 0 Å². The Morgan fingerprint density at radius 2 is 1.89 bits per heavy atom. The Balaban J connectivity index is 2.08. The highest BCUT2D eigenvalue weighted by atomic mass is 32.2. The zero-order chi connectivity index (χ0) is 13.8. The van der Waals surface area contributed by atoms with Gasteiger partial charge in [-0.25, -0.2) is 4.79 Å². The summed E-state index contributed by atoms with van der Waals surface area (Å²) in [6.45, 7) is 1.99. The number of carbonyl (C=O) groups is 1. The third-order valence-corrected chi connectivity index (χ3v) is 5.05. The summed E-state index contributed by atoms with van der Waals surface area (Å²) in [6, 6.07) is 9.55.